The molecule has 1 heterocycles. The highest BCUT2D eigenvalue weighted by atomic mass is 16.3. The summed E-state index contributed by atoms with van der Waals surface area (Å²) in [6.07, 6.45) is 1.53. The lowest BCUT2D eigenvalue weighted by atomic mass is 10.1. The molecule has 0 bridgehead atoms. The Morgan fingerprint density at radius 2 is 1.71 bits per heavy atom. The summed E-state index contributed by atoms with van der Waals surface area (Å²) in [6.45, 7) is 2.01. The standard InChI is InChI=1S/C17H19N3O4/c1-12(21)18-9-13-4-6-14(7-5-13)17(23)20-11-16(22)19-10-15-3-2-8-24-15/h2-8H,9-11H2,1H3,(H,18,21)(H,19,22)(H,20,23). The average molecular weight is 329 g/mol. The first-order valence-corrected chi connectivity index (χ1v) is 7.45. The van der Waals surface area contributed by atoms with Crippen molar-refractivity contribution in [2.24, 2.45) is 0 Å². The maximum Gasteiger partial charge on any atom is 0.251 e. The van der Waals surface area contributed by atoms with E-state index >= 15 is 0 Å². The Balaban J connectivity index is 1.75. The van der Waals surface area contributed by atoms with Crippen molar-refractivity contribution in [3.05, 3.63) is 59.5 Å². The molecule has 2 rings (SSSR count). The monoisotopic (exact) mass is 329 g/mol. The molecular weight excluding hydrogens is 310 g/mol. The third-order valence-electron chi connectivity index (χ3n) is 3.21. The van der Waals surface area contributed by atoms with E-state index in [1.54, 1.807) is 36.4 Å². The van der Waals surface area contributed by atoms with E-state index in [2.05, 4.69) is 16.0 Å². The molecule has 0 saturated carbocycles. The van der Waals surface area contributed by atoms with Crippen LogP contribution in [0.4, 0.5) is 0 Å². The number of rotatable bonds is 7. The molecule has 1 aromatic heterocycles. The molecule has 0 aliphatic rings. The number of hydrogen-bond donors (Lipinski definition) is 3. The van der Waals surface area contributed by atoms with Crippen LogP contribution in [0, 0.1) is 0 Å². The molecule has 0 radical (unpaired) electrons. The van der Waals surface area contributed by atoms with Crippen molar-refractivity contribution >= 4 is 17.7 Å². The highest BCUT2D eigenvalue weighted by molar-refractivity contribution is 5.96. The molecule has 7 nitrogen and oxygen atoms in total. The van der Waals surface area contributed by atoms with Crippen LogP contribution in [0.5, 0.6) is 0 Å². The predicted octanol–water partition coefficient (Wildman–Crippen LogP) is 0.962. The molecule has 0 saturated heterocycles. The molecule has 0 aliphatic heterocycles. The van der Waals surface area contributed by atoms with E-state index in [1.165, 1.54) is 13.2 Å². The second kappa shape index (κ2) is 8.52. The number of amides is 3. The van der Waals surface area contributed by atoms with Gasteiger partial charge >= 0.3 is 0 Å². The zero-order valence-electron chi connectivity index (χ0n) is 13.3. The summed E-state index contributed by atoms with van der Waals surface area (Å²) in [5, 5.41) is 7.86. The second-order valence-corrected chi connectivity index (χ2v) is 5.15. The van der Waals surface area contributed by atoms with Gasteiger partial charge in [0.05, 0.1) is 19.4 Å². The van der Waals surface area contributed by atoms with Gasteiger partial charge in [-0.2, -0.15) is 0 Å². The fraction of sp³-hybridized carbons (Fsp3) is 0.235. The van der Waals surface area contributed by atoms with Crippen LogP contribution in [0.25, 0.3) is 0 Å². The van der Waals surface area contributed by atoms with Gasteiger partial charge in [-0.25, -0.2) is 0 Å². The Morgan fingerprint density at radius 1 is 0.958 bits per heavy atom. The number of nitrogens with one attached hydrogen (secondary N) is 3. The smallest absolute Gasteiger partial charge is 0.251 e. The zero-order valence-corrected chi connectivity index (χ0v) is 13.3. The first kappa shape index (κ1) is 17.3. The van der Waals surface area contributed by atoms with Crippen LogP contribution in [-0.2, 0) is 22.7 Å². The van der Waals surface area contributed by atoms with E-state index in [0.29, 0.717) is 17.9 Å². The van der Waals surface area contributed by atoms with Crippen molar-refractivity contribution in [1.29, 1.82) is 0 Å². The minimum Gasteiger partial charge on any atom is -0.467 e. The van der Waals surface area contributed by atoms with Crippen molar-refractivity contribution in [3.63, 3.8) is 0 Å². The molecule has 126 valence electrons. The molecule has 0 spiro atoms. The van der Waals surface area contributed by atoms with Gasteiger partial charge in [0.15, 0.2) is 0 Å². The van der Waals surface area contributed by atoms with E-state index in [0.717, 1.165) is 5.56 Å². The van der Waals surface area contributed by atoms with Crippen LogP contribution < -0.4 is 16.0 Å². The lowest BCUT2D eigenvalue weighted by molar-refractivity contribution is -0.120. The molecule has 1 aromatic carbocycles. The molecule has 7 heteroatoms. The average Bonchev–Trinajstić information content (AvgIpc) is 3.10. The first-order valence-electron chi connectivity index (χ1n) is 7.45. The number of benzene rings is 1. The zero-order chi connectivity index (χ0) is 17.4. The Hall–Kier alpha value is -3.09. The Kier molecular flexibility index (Phi) is 6.13. The van der Waals surface area contributed by atoms with Gasteiger partial charge < -0.3 is 20.4 Å². The Bertz CT molecular complexity index is 693. The quantitative estimate of drug-likeness (QED) is 0.704. The van der Waals surface area contributed by atoms with E-state index in [-0.39, 0.29) is 30.8 Å². The summed E-state index contributed by atoms with van der Waals surface area (Å²) in [6, 6.07) is 10.3. The van der Waals surface area contributed by atoms with Gasteiger partial charge in [0, 0.05) is 19.0 Å². The number of carbonyl (C=O) groups excluding carboxylic acids is 3. The third kappa shape index (κ3) is 5.60. The topological polar surface area (TPSA) is 100 Å². The highest BCUT2D eigenvalue weighted by Crippen LogP contribution is 2.04. The minimum absolute atomic E-state index is 0.114. The van der Waals surface area contributed by atoms with Crippen molar-refractivity contribution in [3.8, 4) is 0 Å². The lowest BCUT2D eigenvalue weighted by Crippen LogP contribution is -2.36. The summed E-state index contributed by atoms with van der Waals surface area (Å²) in [5.74, 6) is -0.113. The molecule has 2 aromatic rings. The maximum atomic E-state index is 12.0. The lowest BCUT2D eigenvalue weighted by Gasteiger charge is -2.07. The van der Waals surface area contributed by atoms with Gasteiger partial charge in [-0.1, -0.05) is 12.1 Å². The normalized spacial score (nSPS) is 10.0. The maximum absolute atomic E-state index is 12.0. The largest absolute Gasteiger partial charge is 0.467 e. The van der Waals surface area contributed by atoms with Crippen LogP contribution in [-0.4, -0.2) is 24.3 Å². The summed E-state index contributed by atoms with van der Waals surface area (Å²) < 4.78 is 5.10. The van der Waals surface area contributed by atoms with Crippen molar-refractivity contribution in [1.82, 2.24) is 16.0 Å². The van der Waals surface area contributed by atoms with Gasteiger partial charge in [0.25, 0.3) is 5.91 Å². The van der Waals surface area contributed by atoms with Gasteiger partial charge in [-0.3, -0.25) is 14.4 Å². The number of carbonyl (C=O) groups is 3. The molecule has 24 heavy (non-hydrogen) atoms. The summed E-state index contributed by atoms with van der Waals surface area (Å²) >= 11 is 0. The molecular formula is C17H19N3O4. The van der Waals surface area contributed by atoms with Crippen molar-refractivity contribution in [2.75, 3.05) is 6.54 Å². The fourth-order valence-electron chi connectivity index (χ4n) is 1.92. The molecule has 0 fully saturated rings. The molecule has 0 atom stereocenters. The Labute approximate surface area is 139 Å². The van der Waals surface area contributed by atoms with Crippen molar-refractivity contribution in [2.45, 2.75) is 20.0 Å². The van der Waals surface area contributed by atoms with Crippen LogP contribution >= 0.6 is 0 Å². The van der Waals surface area contributed by atoms with Crippen LogP contribution in [0.3, 0.4) is 0 Å². The van der Waals surface area contributed by atoms with E-state index < -0.39 is 0 Å². The molecule has 3 amide bonds. The molecule has 0 aliphatic carbocycles. The second-order valence-electron chi connectivity index (χ2n) is 5.15. The highest BCUT2D eigenvalue weighted by Gasteiger charge is 2.08. The van der Waals surface area contributed by atoms with Crippen molar-refractivity contribution < 1.29 is 18.8 Å². The van der Waals surface area contributed by atoms with Crippen LogP contribution in [0.2, 0.25) is 0 Å². The molecule has 3 N–H and O–H groups in total. The first-order chi connectivity index (χ1) is 11.5. The van der Waals surface area contributed by atoms with E-state index in [4.69, 9.17) is 4.42 Å². The van der Waals surface area contributed by atoms with Gasteiger partial charge in [-0.15, -0.1) is 0 Å². The van der Waals surface area contributed by atoms with E-state index in [9.17, 15) is 14.4 Å². The fourth-order valence-corrected chi connectivity index (χ4v) is 1.92. The summed E-state index contributed by atoms with van der Waals surface area (Å²) in [7, 11) is 0. The minimum atomic E-state index is -0.339. The van der Waals surface area contributed by atoms with Crippen LogP contribution in [0.1, 0.15) is 28.6 Å². The third-order valence-corrected chi connectivity index (χ3v) is 3.21. The van der Waals surface area contributed by atoms with E-state index in [1.807, 2.05) is 0 Å². The van der Waals surface area contributed by atoms with Gasteiger partial charge in [0.1, 0.15) is 5.76 Å². The summed E-state index contributed by atoms with van der Waals surface area (Å²) in [4.78, 5) is 34.5. The predicted molar refractivity (Wildman–Crippen MR) is 86.9 cm³/mol. The van der Waals surface area contributed by atoms with Crippen LogP contribution in [0.15, 0.2) is 47.1 Å². The number of furan rings is 1. The molecule has 0 unspecified atom stereocenters. The SMILES string of the molecule is CC(=O)NCc1ccc(C(=O)NCC(=O)NCc2ccco2)cc1. The number of hydrogen-bond acceptors (Lipinski definition) is 4. The van der Waals surface area contributed by atoms with Gasteiger partial charge in [-0.05, 0) is 29.8 Å². The van der Waals surface area contributed by atoms with Gasteiger partial charge in [0.2, 0.25) is 11.8 Å². The summed E-state index contributed by atoms with van der Waals surface area (Å²) in [5.41, 5.74) is 1.33. The Morgan fingerprint density at radius 3 is 2.33 bits per heavy atom.